The number of nitrogens with one attached hydrogen (secondary N) is 2. The third kappa shape index (κ3) is 4.66. The van der Waals surface area contributed by atoms with Crippen molar-refractivity contribution in [2.24, 2.45) is 0 Å². The highest BCUT2D eigenvalue weighted by atomic mass is 19.3. The molecule has 18 heavy (non-hydrogen) atoms. The quantitative estimate of drug-likeness (QED) is 0.583. The van der Waals surface area contributed by atoms with Crippen LogP contribution in [-0.2, 0) is 0 Å². The van der Waals surface area contributed by atoms with Gasteiger partial charge in [0.2, 0.25) is 5.95 Å². The number of nitrogen functional groups attached to an aromatic ring is 1. The summed E-state index contributed by atoms with van der Waals surface area (Å²) < 4.78 is 25.7. The molecule has 0 unspecified atom stereocenters. The second kappa shape index (κ2) is 6.29. The summed E-state index contributed by atoms with van der Waals surface area (Å²) in [5, 5.41) is 13.8. The fraction of sp³-hybridized carbons (Fsp3) is 0.600. The zero-order chi connectivity index (χ0) is 13.6. The lowest BCUT2D eigenvalue weighted by Gasteiger charge is -2.15. The first-order chi connectivity index (χ1) is 8.46. The Hall–Kier alpha value is -1.70. The van der Waals surface area contributed by atoms with Crippen LogP contribution in [0.25, 0.3) is 0 Å². The van der Waals surface area contributed by atoms with E-state index in [1.54, 1.807) is 0 Å². The monoisotopic (exact) mass is 261 g/mol. The highest BCUT2D eigenvalue weighted by molar-refractivity contribution is 5.51. The molecule has 1 rings (SSSR count). The highest BCUT2D eigenvalue weighted by Gasteiger charge is 2.27. The molecule has 0 aliphatic carbocycles. The number of rotatable bonds is 7. The van der Waals surface area contributed by atoms with Gasteiger partial charge < -0.3 is 21.5 Å². The minimum Gasteiger partial charge on any atom is -0.390 e. The normalized spacial score (nSPS) is 11.3. The van der Waals surface area contributed by atoms with E-state index in [0.717, 1.165) is 6.42 Å². The molecule has 0 fully saturated rings. The maximum absolute atomic E-state index is 12.8. The summed E-state index contributed by atoms with van der Waals surface area (Å²) in [5.41, 5.74) is 5.46. The van der Waals surface area contributed by atoms with Crippen molar-refractivity contribution in [2.45, 2.75) is 19.3 Å². The van der Waals surface area contributed by atoms with Gasteiger partial charge in [0.25, 0.3) is 5.92 Å². The molecule has 1 heterocycles. The van der Waals surface area contributed by atoms with Crippen LogP contribution in [-0.4, -0.2) is 40.7 Å². The molecule has 5 N–H and O–H groups in total. The fourth-order valence-corrected chi connectivity index (χ4v) is 1.18. The Kier molecular flexibility index (Phi) is 5.02. The molecular weight excluding hydrogens is 244 g/mol. The van der Waals surface area contributed by atoms with E-state index in [-0.39, 0.29) is 11.8 Å². The van der Waals surface area contributed by atoms with Crippen molar-refractivity contribution < 1.29 is 13.9 Å². The molecule has 0 radical (unpaired) electrons. The third-order valence-corrected chi connectivity index (χ3v) is 2.06. The number of hydrogen-bond acceptors (Lipinski definition) is 6. The molecule has 0 spiro atoms. The van der Waals surface area contributed by atoms with E-state index in [4.69, 9.17) is 10.8 Å². The van der Waals surface area contributed by atoms with Gasteiger partial charge in [-0.15, -0.1) is 0 Å². The van der Waals surface area contributed by atoms with Crippen molar-refractivity contribution in [3.8, 4) is 0 Å². The minimum atomic E-state index is -3.20. The number of nitrogens with two attached hydrogens (primary N) is 1. The molecule has 0 aliphatic rings. The SMILES string of the molecule is CCCNc1cc(NCC(F)(F)CO)nc(N)n1. The van der Waals surface area contributed by atoms with E-state index in [1.165, 1.54) is 6.07 Å². The maximum atomic E-state index is 12.8. The van der Waals surface area contributed by atoms with Crippen molar-refractivity contribution in [2.75, 3.05) is 36.1 Å². The summed E-state index contributed by atoms with van der Waals surface area (Å²) in [4.78, 5) is 7.69. The van der Waals surface area contributed by atoms with Gasteiger partial charge in [-0.1, -0.05) is 6.92 Å². The Labute approximate surface area is 104 Å². The zero-order valence-electron chi connectivity index (χ0n) is 10.1. The first kappa shape index (κ1) is 14.4. The van der Waals surface area contributed by atoms with Gasteiger partial charge in [-0.25, -0.2) is 8.78 Å². The number of alkyl halides is 2. The van der Waals surface area contributed by atoms with E-state index >= 15 is 0 Å². The van der Waals surface area contributed by atoms with Crippen LogP contribution in [0.1, 0.15) is 13.3 Å². The lowest BCUT2D eigenvalue weighted by Crippen LogP contribution is -2.31. The number of aromatic nitrogens is 2. The molecule has 1 aromatic heterocycles. The molecule has 0 saturated carbocycles. The van der Waals surface area contributed by atoms with E-state index in [0.29, 0.717) is 12.4 Å². The summed E-state index contributed by atoms with van der Waals surface area (Å²) in [5.74, 6) is -2.55. The average Bonchev–Trinajstić information content (AvgIpc) is 2.33. The van der Waals surface area contributed by atoms with Gasteiger partial charge in [-0.3, -0.25) is 0 Å². The number of aliphatic hydroxyl groups is 1. The van der Waals surface area contributed by atoms with Crippen LogP contribution >= 0.6 is 0 Å². The lowest BCUT2D eigenvalue weighted by molar-refractivity contribution is -0.0373. The molecule has 8 heteroatoms. The fourth-order valence-electron chi connectivity index (χ4n) is 1.18. The van der Waals surface area contributed by atoms with Gasteiger partial charge >= 0.3 is 0 Å². The largest absolute Gasteiger partial charge is 0.390 e. The Bertz CT molecular complexity index is 389. The van der Waals surface area contributed by atoms with E-state index in [9.17, 15) is 8.78 Å². The molecular formula is C10H17F2N5O. The first-order valence-corrected chi connectivity index (χ1v) is 5.58. The highest BCUT2D eigenvalue weighted by Crippen LogP contribution is 2.16. The average molecular weight is 261 g/mol. The summed E-state index contributed by atoms with van der Waals surface area (Å²) >= 11 is 0. The molecule has 0 saturated heterocycles. The predicted octanol–water partition coefficient (Wildman–Crippen LogP) is 0.920. The van der Waals surface area contributed by atoms with Crippen molar-refractivity contribution in [3.05, 3.63) is 6.07 Å². The van der Waals surface area contributed by atoms with Crippen LogP contribution in [0.5, 0.6) is 0 Å². The number of halogens is 2. The van der Waals surface area contributed by atoms with E-state index < -0.39 is 19.1 Å². The molecule has 0 aliphatic heterocycles. The van der Waals surface area contributed by atoms with Gasteiger partial charge in [-0.2, -0.15) is 9.97 Å². The molecule has 0 bridgehead atoms. The Morgan fingerprint density at radius 2 is 1.94 bits per heavy atom. The van der Waals surface area contributed by atoms with Gasteiger partial charge in [0, 0.05) is 12.6 Å². The van der Waals surface area contributed by atoms with Crippen LogP contribution in [0.15, 0.2) is 6.07 Å². The first-order valence-electron chi connectivity index (χ1n) is 5.58. The van der Waals surface area contributed by atoms with E-state index in [2.05, 4.69) is 20.6 Å². The van der Waals surface area contributed by atoms with Crippen molar-refractivity contribution in [1.29, 1.82) is 0 Å². The summed E-state index contributed by atoms with van der Waals surface area (Å²) in [6.07, 6.45) is 0.898. The van der Waals surface area contributed by atoms with Gasteiger partial charge in [0.15, 0.2) is 0 Å². The van der Waals surface area contributed by atoms with Gasteiger partial charge in [-0.05, 0) is 6.42 Å². The van der Waals surface area contributed by atoms with Crippen molar-refractivity contribution >= 4 is 17.6 Å². The molecule has 1 aromatic rings. The zero-order valence-corrected chi connectivity index (χ0v) is 10.1. The Balaban J connectivity index is 2.68. The van der Waals surface area contributed by atoms with Gasteiger partial charge in [0.05, 0.1) is 6.54 Å². The third-order valence-electron chi connectivity index (χ3n) is 2.06. The Morgan fingerprint density at radius 1 is 1.33 bits per heavy atom. The standard InChI is InChI=1S/C10H17F2N5O/c1-2-3-14-7-4-8(17-9(13)16-7)15-5-10(11,12)6-18/h4,18H,2-3,5-6H2,1H3,(H4,13,14,15,16,17). The second-order valence-corrected chi connectivity index (χ2v) is 3.79. The Morgan fingerprint density at radius 3 is 2.50 bits per heavy atom. The van der Waals surface area contributed by atoms with E-state index in [1.807, 2.05) is 6.92 Å². The van der Waals surface area contributed by atoms with Crippen LogP contribution in [0.2, 0.25) is 0 Å². The summed E-state index contributed by atoms with van der Waals surface area (Å²) in [6, 6.07) is 1.49. The summed E-state index contributed by atoms with van der Waals surface area (Å²) in [7, 11) is 0. The molecule has 102 valence electrons. The van der Waals surface area contributed by atoms with Gasteiger partial charge in [0.1, 0.15) is 18.2 Å². The van der Waals surface area contributed by atoms with Crippen molar-refractivity contribution in [1.82, 2.24) is 9.97 Å². The molecule has 0 aromatic carbocycles. The lowest BCUT2D eigenvalue weighted by atomic mass is 10.3. The second-order valence-electron chi connectivity index (χ2n) is 3.79. The summed E-state index contributed by atoms with van der Waals surface area (Å²) in [6.45, 7) is 0.746. The molecule has 6 nitrogen and oxygen atoms in total. The smallest absolute Gasteiger partial charge is 0.287 e. The number of anilines is 3. The maximum Gasteiger partial charge on any atom is 0.287 e. The molecule has 0 amide bonds. The minimum absolute atomic E-state index is 0.00841. The van der Waals surface area contributed by atoms with Crippen LogP contribution in [0, 0.1) is 0 Å². The van der Waals surface area contributed by atoms with Crippen LogP contribution in [0.3, 0.4) is 0 Å². The topological polar surface area (TPSA) is 96.1 Å². The van der Waals surface area contributed by atoms with Crippen LogP contribution in [0.4, 0.5) is 26.4 Å². The number of hydrogen-bond donors (Lipinski definition) is 4. The number of aliphatic hydroxyl groups excluding tert-OH is 1. The predicted molar refractivity (Wildman–Crippen MR) is 65.7 cm³/mol. The van der Waals surface area contributed by atoms with Crippen LogP contribution < -0.4 is 16.4 Å². The van der Waals surface area contributed by atoms with Crippen molar-refractivity contribution in [3.63, 3.8) is 0 Å². The number of nitrogens with zero attached hydrogens (tertiary/aromatic N) is 2. The molecule has 0 atom stereocenters.